The Labute approximate surface area is 230 Å². The summed E-state index contributed by atoms with van der Waals surface area (Å²) in [5.74, 6) is -3.35. The number of rotatable bonds is 4. The summed E-state index contributed by atoms with van der Waals surface area (Å²) in [7, 11) is 3.34. The summed E-state index contributed by atoms with van der Waals surface area (Å²) in [6.45, 7) is 3.07. The molecule has 1 aromatic heterocycles. The summed E-state index contributed by atoms with van der Waals surface area (Å²) in [6, 6.07) is 3.95. The Balaban J connectivity index is 1.46. The fraction of sp³-hybridized carbons (Fsp3) is 0.481. The van der Waals surface area contributed by atoms with E-state index >= 15 is 0 Å². The van der Waals surface area contributed by atoms with Crippen LogP contribution in [0, 0.1) is 24.1 Å². The molecule has 5 rings (SSSR count). The highest BCUT2D eigenvalue weighted by molar-refractivity contribution is 6.42. The average Bonchev–Trinajstić information content (AvgIpc) is 3.20. The Hall–Kier alpha value is -4.13. The van der Waals surface area contributed by atoms with Gasteiger partial charge in [0.1, 0.15) is 23.9 Å². The minimum atomic E-state index is -1.28. The van der Waals surface area contributed by atoms with E-state index in [1.165, 1.54) is 39.0 Å². The number of benzene rings is 1. The van der Waals surface area contributed by atoms with Crippen LogP contribution in [0.4, 0.5) is 9.18 Å². The number of ketones is 1. The van der Waals surface area contributed by atoms with E-state index in [2.05, 4.69) is 15.4 Å². The highest BCUT2D eigenvalue weighted by Crippen LogP contribution is 2.50. The summed E-state index contributed by atoms with van der Waals surface area (Å²) >= 11 is 0. The van der Waals surface area contributed by atoms with Crippen LogP contribution in [0.2, 0.25) is 0 Å². The number of likely N-dealkylation sites (tertiary alicyclic amines) is 1. The molecule has 1 unspecified atom stereocenters. The van der Waals surface area contributed by atoms with Gasteiger partial charge in [0, 0.05) is 51.4 Å². The second-order valence-electron chi connectivity index (χ2n) is 10.4. The van der Waals surface area contributed by atoms with E-state index in [-0.39, 0.29) is 32.3 Å². The summed E-state index contributed by atoms with van der Waals surface area (Å²) in [5.41, 5.74) is 0.579. The van der Waals surface area contributed by atoms with E-state index in [0.29, 0.717) is 48.7 Å². The summed E-state index contributed by atoms with van der Waals surface area (Å²) in [6.07, 6.45) is 3.78. The van der Waals surface area contributed by atoms with Crippen LogP contribution < -0.4 is 5.32 Å². The van der Waals surface area contributed by atoms with E-state index < -0.39 is 34.7 Å². The molecule has 40 heavy (non-hydrogen) atoms. The number of urea groups is 1. The molecular weight excluding hydrogens is 521 g/mol. The lowest BCUT2D eigenvalue weighted by atomic mass is 9.61. The predicted octanol–water partition coefficient (Wildman–Crippen LogP) is 1.04. The molecule has 0 aliphatic carbocycles. The van der Waals surface area contributed by atoms with Crippen LogP contribution in [0.1, 0.15) is 24.2 Å². The zero-order valence-electron chi connectivity index (χ0n) is 22.7. The Morgan fingerprint density at radius 1 is 1.20 bits per heavy atom. The second kappa shape index (κ2) is 10.8. The van der Waals surface area contributed by atoms with Gasteiger partial charge in [-0.25, -0.2) is 18.9 Å². The summed E-state index contributed by atoms with van der Waals surface area (Å²) in [5, 5.41) is 6.98. The standard InChI is InChI=1S/C27H32FN7O5/c1-17-30-16-31-35(17)20-14-19(28)5-4-18(20)15-29-24(37)22-23(36)25(38)34-11-13-40-12-6-21(34)27(22)7-9-33(10-8-27)26(39)32(2)3/h4-6,14,16,22H,7-13,15H2,1-3H3,(H,29,37). The van der Waals surface area contributed by atoms with Crippen molar-refractivity contribution in [1.82, 2.24) is 34.8 Å². The summed E-state index contributed by atoms with van der Waals surface area (Å²) in [4.78, 5) is 62.0. The van der Waals surface area contributed by atoms with Gasteiger partial charge >= 0.3 is 6.03 Å². The third kappa shape index (κ3) is 4.74. The number of piperidine rings is 2. The number of allylic oxidation sites excluding steroid dienone is 1. The number of hydrogen-bond acceptors (Lipinski definition) is 7. The fourth-order valence-corrected chi connectivity index (χ4v) is 5.94. The number of ether oxygens (including phenoxy) is 1. The zero-order valence-corrected chi connectivity index (χ0v) is 22.7. The van der Waals surface area contributed by atoms with Gasteiger partial charge in [-0.2, -0.15) is 5.10 Å². The molecule has 12 nitrogen and oxygen atoms in total. The molecule has 0 saturated carbocycles. The quantitative estimate of drug-likeness (QED) is 0.442. The molecule has 2 fully saturated rings. The smallest absolute Gasteiger partial charge is 0.319 e. The zero-order chi connectivity index (χ0) is 28.6. The molecule has 2 saturated heterocycles. The van der Waals surface area contributed by atoms with Gasteiger partial charge in [0.2, 0.25) is 11.7 Å². The maximum atomic E-state index is 14.1. The molecule has 3 aliphatic heterocycles. The van der Waals surface area contributed by atoms with Crippen molar-refractivity contribution in [1.29, 1.82) is 0 Å². The number of hydrogen-bond donors (Lipinski definition) is 1. The molecule has 13 heteroatoms. The first-order valence-electron chi connectivity index (χ1n) is 13.2. The second-order valence-corrected chi connectivity index (χ2v) is 10.4. The number of aryl methyl sites for hydroxylation is 1. The summed E-state index contributed by atoms with van der Waals surface area (Å²) < 4.78 is 21.2. The van der Waals surface area contributed by atoms with Crippen molar-refractivity contribution in [2.45, 2.75) is 26.3 Å². The van der Waals surface area contributed by atoms with Gasteiger partial charge in [-0.05, 0) is 43.5 Å². The van der Waals surface area contributed by atoms with Crippen molar-refractivity contribution in [2.75, 3.05) is 46.9 Å². The Bertz CT molecular complexity index is 1380. The minimum absolute atomic E-state index is 0.0289. The highest BCUT2D eigenvalue weighted by atomic mass is 19.1. The topological polar surface area (TPSA) is 130 Å². The SMILES string of the molecule is Cc1ncnn1-c1cc(F)ccc1CNC(=O)C1C(=O)C(=O)N2CCOCC=C2C12CCN(C(=O)N(C)C)CC2. The van der Waals surface area contributed by atoms with Gasteiger partial charge < -0.3 is 24.8 Å². The number of carbonyl (C=O) groups excluding carboxylic acids is 4. The van der Waals surface area contributed by atoms with Gasteiger partial charge in [0.25, 0.3) is 5.91 Å². The molecule has 4 amide bonds. The van der Waals surface area contributed by atoms with Crippen LogP contribution in [0.3, 0.4) is 0 Å². The van der Waals surface area contributed by atoms with Crippen molar-refractivity contribution in [3.63, 3.8) is 0 Å². The van der Waals surface area contributed by atoms with Crippen molar-refractivity contribution in [2.24, 2.45) is 11.3 Å². The van der Waals surface area contributed by atoms with Crippen LogP contribution >= 0.6 is 0 Å². The van der Waals surface area contributed by atoms with Gasteiger partial charge in [-0.15, -0.1) is 0 Å². The largest absolute Gasteiger partial charge is 0.375 e. The first-order chi connectivity index (χ1) is 19.1. The molecule has 2 aromatic rings. The van der Waals surface area contributed by atoms with Crippen LogP contribution in [0.5, 0.6) is 0 Å². The lowest BCUT2D eigenvalue weighted by molar-refractivity contribution is -0.158. The monoisotopic (exact) mass is 553 g/mol. The van der Waals surface area contributed by atoms with Crippen LogP contribution in [0.25, 0.3) is 5.69 Å². The molecule has 0 radical (unpaired) electrons. The maximum absolute atomic E-state index is 14.1. The number of nitrogens with one attached hydrogen (secondary N) is 1. The number of amides is 4. The number of halogens is 1. The van der Waals surface area contributed by atoms with Crippen molar-refractivity contribution in [3.05, 3.63) is 53.5 Å². The lowest BCUT2D eigenvalue weighted by Gasteiger charge is -2.51. The van der Waals surface area contributed by atoms with Gasteiger partial charge in [-0.1, -0.05) is 6.07 Å². The molecule has 212 valence electrons. The Morgan fingerprint density at radius 3 is 2.62 bits per heavy atom. The average molecular weight is 554 g/mol. The number of nitrogens with zero attached hydrogens (tertiary/aromatic N) is 6. The van der Waals surface area contributed by atoms with Crippen molar-refractivity contribution < 1.29 is 28.3 Å². The molecule has 1 aromatic carbocycles. The Kier molecular flexibility index (Phi) is 7.41. The van der Waals surface area contributed by atoms with Crippen LogP contribution in [-0.4, -0.2) is 100 Å². The van der Waals surface area contributed by atoms with Crippen LogP contribution in [-0.2, 0) is 25.7 Å². The highest BCUT2D eigenvalue weighted by Gasteiger charge is 2.59. The van der Waals surface area contributed by atoms with Crippen molar-refractivity contribution >= 4 is 23.6 Å². The van der Waals surface area contributed by atoms with Gasteiger partial charge in [0.15, 0.2) is 0 Å². The third-order valence-corrected chi connectivity index (χ3v) is 7.94. The number of Topliss-reactive ketones (excluding diaryl/α,β-unsaturated/α-hetero) is 1. The number of fused-ring (bicyclic) bond motifs is 2. The predicted molar refractivity (Wildman–Crippen MR) is 139 cm³/mol. The molecule has 0 bridgehead atoms. The van der Waals surface area contributed by atoms with Gasteiger partial charge in [0.05, 0.1) is 18.9 Å². The van der Waals surface area contributed by atoms with E-state index in [1.807, 2.05) is 0 Å². The third-order valence-electron chi connectivity index (χ3n) is 7.94. The number of aromatic nitrogens is 3. The van der Waals surface area contributed by atoms with E-state index in [9.17, 15) is 23.6 Å². The molecule has 4 heterocycles. The molecule has 1 N–H and O–H groups in total. The lowest BCUT2D eigenvalue weighted by Crippen LogP contribution is -2.63. The Morgan fingerprint density at radius 2 is 1.95 bits per heavy atom. The molecule has 1 spiro atoms. The maximum Gasteiger partial charge on any atom is 0.319 e. The fourth-order valence-electron chi connectivity index (χ4n) is 5.94. The van der Waals surface area contributed by atoms with E-state index in [1.54, 1.807) is 32.0 Å². The first-order valence-corrected chi connectivity index (χ1v) is 13.2. The van der Waals surface area contributed by atoms with E-state index in [4.69, 9.17) is 4.74 Å². The number of carbonyl (C=O) groups is 4. The molecule has 3 aliphatic rings. The van der Waals surface area contributed by atoms with Crippen LogP contribution in [0.15, 0.2) is 36.3 Å². The normalized spacial score (nSPS) is 20.6. The molecule has 1 atom stereocenters. The molecular formula is C27H32FN7O5. The van der Waals surface area contributed by atoms with Crippen molar-refractivity contribution in [3.8, 4) is 5.69 Å². The van der Waals surface area contributed by atoms with E-state index in [0.717, 1.165) is 0 Å². The minimum Gasteiger partial charge on any atom is -0.375 e. The van der Waals surface area contributed by atoms with Gasteiger partial charge in [-0.3, -0.25) is 14.4 Å². The first kappa shape index (κ1) is 27.4.